The maximum atomic E-state index is 13.8. The molecule has 2 atom stereocenters. The number of benzene rings is 4. The topological polar surface area (TPSA) is 71.1 Å². The van der Waals surface area contributed by atoms with E-state index in [1.54, 1.807) is 0 Å². The zero-order valence-corrected chi connectivity index (χ0v) is 33.7. The van der Waals surface area contributed by atoms with E-state index >= 15 is 0 Å². The first-order valence-corrected chi connectivity index (χ1v) is 21.6. The van der Waals surface area contributed by atoms with Crippen molar-refractivity contribution in [3.05, 3.63) is 97.1 Å². The van der Waals surface area contributed by atoms with Crippen molar-refractivity contribution in [3.8, 4) is 45.3 Å². The van der Waals surface area contributed by atoms with Gasteiger partial charge in [0.05, 0.1) is 25.0 Å². The average molecular weight is 759 g/mol. The van der Waals surface area contributed by atoms with Gasteiger partial charge in [-0.05, 0) is 121 Å². The van der Waals surface area contributed by atoms with Crippen LogP contribution in [0.5, 0.6) is 23.0 Å². The van der Waals surface area contributed by atoms with Gasteiger partial charge in [-0.1, -0.05) is 127 Å². The number of carbonyl (C=O) groups excluding carboxylic acids is 2. The predicted octanol–water partition coefficient (Wildman–Crippen LogP) is 13.1. The van der Waals surface area contributed by atoms with Gasteiger partial charge in [-0.2, -0.15) is 0 Å². The molecule has 0 saturated heterocycles. The standard InChI is InChI=1S/C50H62O6/c1-3-5-7-9-11-13-35-53-43-27-19-37(20-28-43)39-23-31-45(32-24-39)55-49(51)47-41-15-17-42(18-16-41)48(47)50(52)56-46-33-25-40(26-34-46)38-21-29-44(30-22-38)54-36-14-12-10-8-6-4-2/h19-34,41-42,47-48H,3-18,35-36H2,1-2H3/t41?,42?,47-,48-/m1/s1. The summed E-state index contributed by atoms with van der Waals surface area (Å²) in [5, 5.41) is 0. The van der Waals surface area contributed by atoms with E-state index in [2.05, 4.69) is 38.1 Å². The van der Waals surface area contributed by atoms with Crippen LogP contribution in [0.2, 0.25) is 0 Å². The molecule has 0 spiro atoms. The summed E-state index contributed by atoms with van der Waals surface area (Å²) in [5.41, 5.74) is 4.19. The molecule has 3 saturated carbocycles. The highest BCUT2D eigenvalue weighted by atomic mass is 16.5. The summed E-state index contributed by atoms with van der Waals surface area (Å²) in [4.78, 5) is 27.6. The summed E-state index contributed by atoms with van der Waals surface area (Å²) in [6.45, 7) is 5.96. The summed E-state index contributed by atoms with van der Waals surface area (Å²) in [6.07, 6.45) is 18.6. The molecule has 0 amide bonds. The van der Waals surface area contributed by atoms with Crippen molar-refractivity contribution in [3.63, 3.8) is 0 Å². The molecule has 6 nitrogen and oxygen atoms in total. The fourth-order valence-corrected chi connectivity index (χ4v) is 8.56. The molecule has 0 radical (unpaired) electrons. The van der Waals surface area contributed by atoms with Gasteiger partial charge in [-0.15, -0.1) is 0 Å². The van der Waals surface area contributed by atoms with Crippen LogP contribution in [-0.4, -0.2) is 25.2 Å². The number of unbranched alkanes of at least 4 members (excludes halogenated alkanes) is 10. The molecule has 56 heavy (non-hydrogen) atoms. The quantitative estimate of drug-likeness (QED) is 0.0451. The third kappa shape index (κ3) is 11.7. The van der Waals surface area contributed by atoms with Crippen LogP contribution >= 0.6 is 0 Å². The molecule has 2 bridgehead atoms. The molecule has 0 aromatic heterocycles. The number of rotatable bonds is 22. The lowest BCUT2D eigenvalue weighted by Gasteiger charge is -2.45. The van der Waals surface area contributed by atoms with Gasteiger partial charge in [-0.25, -0.2) is 0 Å². The SMILES string of the molecule is CCCCCCCCOc1ccc(-c2ccc(OC(=O)[C@@H]3C4CCC(CC4)[C@H]3C(=O)Oc3ccc(-c4ccc(OCCCCCCCC)cc4)cc3)cc2)cc1. The molecule has 0 unspecified atom stereocenters. The zero-order valence-electron chi connectivity index (χ0n) is 33.7. The Hall–Kier alpha value is -4.58. The Morgan fingerprint density at radius 1 is 0.411 bits per heavy atom. The van der Waals surface area contributed by atoms with Gasteiger partial charge in [0, 0.05) is 0 Å². The molecule has 0 aliphatic heterocycles. The summed E-state index contributed by atoms with van der Waals surface area (Å²) >= 11 is 0. The number of fused-ring (bicyclic) bond motifs is 3. The van der Waals surface area contributed by atoms with E-state index < -0.39 is 11.8 Å². The lowest BCUT2D eigenvalue weighted by Crippen LogP contribution is -2.49. The van der Waals surface area contributed by atoms with Crippen molar-refractivity contribution >= 4 is 11.9 Å². The third-order valence-electron chi connectivity index (χ3n) is 11.8. The smallest absolute Gasteiger partial charge is 0.315 e. The first-order valence-electron chi connectivity index (χ1n) is 21.6. The van der Waals surface area contributed by atoms with E-state index in [-0.39, 0.29) is 23.8 Å². The molecule has 3 aliphatic rings. The maximum Gasteiger partial charge on any atom is 0.315 e. The van der Waals surface area contributed by atoms with Crippen molar-refractivity contribution in [1.82, 2.24) is 0 Å². The van der Waals surface area contributed by atoms with Crippen LogP contribution < -0.4 is 18.9 Å². The number of hydrogen-bond donors (Lipinski definition) is 0. The second-order valence-corrected chi connectivity index (χ2v) is 15.9. The van der Waals surface area contributed by atoms with Crippen molar-refractivity contribution in [2.24, 2.45) is 23.7 Å². The van der Waals surface area contributed by atoms with E-state index in [0.717, 1.165) is 85.5 Å². The van der Waals surface area contributed by atoms with E-state index in [4.69, 9.17) is 18.9 Å². The highest BCUT2D eigenvalue weighted by Gasteiger charge is 2.52. The Morgan fingerprint density at radius 3 is 1.02 bits per heavy atom. The molecule has 4 aromatic rings. The molecule has 298 valence electrons. The minimum absolute atomic E-state index is 0.117. The van der Waals surface area contributed by atoms with Gasteiger partial charge in [0.15, 0.2) is 0 Å². The number of hydrogen-bond acceptors (Lipinski definition) is 6. The van der Waals surface area contributed by atoms with Gasteiger partial charge in [0.1, 0.15) is 23.0 Å². The van der Waals surface area contributed by atoms with Crippen LogP contribution in [0, 0.1) is 23.7 Å². The predicted molar refractivity (Wildman–Crippen MR) is 225 cm³/mol. The minimum atomic E-state index is -0.514. The Labute approximate surface area is 335 Å². The number of ether oxygens (including phenoxy) is 4. The molecular formula is C50H62O6. The van der Waals surface area contributed by atoms with Gasteiger partial charge < -0.3 is 18.9 Å². The van der Waals surface area contributed by atoms with Crippen molar-refractivity contribution in [1.29, 1.82) is 0 Å². The number of carbonyl (C=O) groups is 2. The van der Waals surface area contributed by atoms with E-state index in [1.165, 1.54) is 64.2 Å². The molecule has 7 rings (SSSR count). The van der Waals surface area contributed by atoms with E-state index in [1.807, 2.05) is 72.8 Å². The second kappa shape index (κ2) is 21.6. The van der Waals surface area contributed by atoms with Crippen LogP contribution in [0.15, 0.2) is 97.1 Å². The van der Waals surface area contributed by atoms with Crippen LogP contribution in [0.4, 0.5) is 0 Å². The summed E-state index contributed by atoms with van der Waals surface area (Å²) < 4.78 is 23.9. The zero-order chi connectivity index (χ0) is 39.0. The molecule has 4 aromatic carbocycles. The summed E-state index contributed by atoms with van der Waals surface area (Å²) in [7, 11) is 0. The molecular weight excluding hydrogens is 697 g/mol. The second-order valence-electron chi connectivity index (χ2n) is 15.9. The lowest BCUT2D eigenvalue weighted by atomic mass is 9.58. The Morgan fingerprint density at radius 2 is 0.696 bits per heavy atom. The van der Waals surface area contributed by atoms with E-state index in [0.29, 0.717) is 11.5 Å². The van der Waals surface area contributed by atoms with E-state index in [9.17, 15) is 9.59 Å². The molecule has 0 N–H and O–H groups in total. The van der Waals surface area contributed by atoms with Crippen molar-refractivity contribution in [2.45, 2.75) is 117 Å². The normalized spacial score (nSPS) is 18.7. The van der Waals surface area contributed by atoms with Crippen LogP contribution in [0.25, 0.3) is 22.3 Å². The average Bonchev–Trinajstić information content (AvgIpc) is 3.24. The molecule has 3 fully saturated rings. The monoisotopic (exact) mass is 758 g/mol. The fraction of sp³-hybridized carbons (Fsp3) is 0.480. The van der Waals surface area contributed by atoms with Crippen molar-refractivity contribution < 1.29 is 28.5 Å². The minimum Gasteiger partial charge on any atom is -0.494 e. The van der Waals surface area contributed by atoms with Crippen LogP contribution in [0.1, 0.15) is 117 Å². The number of esters is 2. The molecule has 0 heterocycles. The molecule has 3 aliphatic carbocycles. The Bertz CT molecular complexity index is 1620. The summed E-state index contributed by atoms with van der Waals surface area (Å²) in [5.74, 6) is 1.26. The van der Waals surface area contributed by atoms with Crippen LogP contribution in [0.3, 0.4) is 0 Å². The van der Waals surface area contributed by atoms with Crippen LogP contribution in [-0.2, 0) is 9.59 Å². The highest BCUT2D eigenvalue weighted by molar-refractivity contribution is 5.85. The lowest BCUT2D eigenvalue weighted by molar-refractivity contribution is -0.162. The van der Waals surface area contributed by atoms with Gasteiger partial charge in [-0.3, -0.25) is 9.59 Å². The Kier molecular flexibility index (Phi) is 15.9. The van der Waals surface area contributed by atoms with Gasteiger partial charge in [0.2, 0.25) is 0 Å². The Balaban J connectivity index is 0.989. The van der Waals surface area contributed by atoms with Gasteiger partial charge in [0.25, 0.3) is 0 Å². The third-order valence-corrected chi connectivity index (χ3v) is 11.8. The first-order chi connectivity index (χ1) is 27.5. The first kappa shape index (κ1) is 41.1. The maximum absolute atomic E-state index is 13.8. The highest BCUT2D eigenvalue weighted by Crippen LogP contribution is 2.50. The summed E-state index contributed by atoms with van der Waals surface area (Å²) in [6, 6.07) is 31.5. The van der Waals surface area contributed by atoms with Gasteiger partial charge >= 0.3 is 11.9 Å². The fourth-order valence-electron chi connectivity index (χ4n) is 8.56. The van der Waals surface area contributed by atoms with Crippen molar-refractivity contribution in [2.75, 3.05) is 13.2 Å². The largest absolute Gasteiger partial charge is 0.494 e. The molecule has 6 heteroatoms.